The van der Waals surface area contributed by atoms with Gasteiger partial charge in [-0.25, -0.2) is 0 Å². The molecule has 2 fully saturated rings. The van der Waals surface area contributed by atoms with E-state index in [-0.39, 0.29) is 0 Å². The van der Waals surface area contributed by atoms with Crippen molar-refractivity contribution in [2.75, 3.05) is 19.6 Å². The summed E-state index contributed by atoms with van der Waals surface area (Å²) in [5.41, 5.74) is 7.54. The summed E-state index contributed by atoms with van der Waals surface area (Å²) in [4.78, 5) is 2.85. The maximum Gasteiger partial charge on any atom is 0.0261 e. The number of likely N-dealkylation sites (tertiary alicyclic amines) is 1. The van der Waals surface area contributed by atoms with E-state index in [1.165, 1.54) is 83.7 Å². The molecule has 0 atom stereocenters. The molecular formula is C22H44N2. The molecule has 0 aromatic carbocycles. The lowest BCUT2D eigenvalue weighted by Gasteiger charge is -2.55. The second kappa shape index (κ2) is 8.54. The number of nitrogens with zero attached hydrogens (tertiary/aromatic N) is 1. The predicted molar refractivity (Wildman–Crippen MR) is 106 cm³/mol. The van der Waals surface area contributed by atoms with Crippen LogP contribution >= 0.6 is 0 Å². The van der Waals surface area contributed by atoms with Gasteiger partial charge in [0.2, 0.25) is 0 Å². The normalized spacial score (nSPS) is 25.4. The zero-order valence-corrected chi connectivity index (χ0v) is 17.1. The summed E-state index contributed by atoms with van der Waals surface area (Å²) in [6.45, 7) is 13.0. The Kier molecular flexibility index (Phi) is 7.20. The van der Waals surface area contributed by atoms with Crippen LogP contribution in [0.25, 0.3) is 0 Å². The minimum absolute atomic E-state index is 0.451. The number of hydrogen-bond donors (Lipinski definition) is 1. The van der Waals surface area contributed by atoms with Gasteiger partial charge < -0.3 is 5.73 Å². The SMILES string of the molecule is CCCC1(CCC)CCC2(CCN(CCCN)C2(CC)CC)CC1. The fraction of sp³-hybridized carbons (Fsp3) is 1.00. The van der Waals surface area contributed by atoms with E-state index in [1.54, 1.807) is 0 Å². The van der Waals surface area contributed by atoms with Gasteiger partial charge in [-0.15, -0.1) is 0 Å². The third-order valence-corrected chi connectivity index (χ3v) is 8.08. The van der Waals surface area contributed by atoms with E-state index < -0.39 is 0 Å². The Hall–Kier alpha value is -0.0800. The van der Waals surface area contributed by atoms with Crippen molar-refractivity contribution >= 4 is 0 Å². The van der Waals surface area contributed by atoms with E-state index >= 15 is 0 Å². The topological polar surface area (TPSA) is 29.3 Å². The van der Waals surface area contributed by atoms with Crippen LogP contribution < -0.4 is 5.73 Å². The number of nitrogens with two attached hydrogens (primary N) is 1. The van der Waals surface area contributed by atoms with Gasteiger partial charge in [-0.2, -0.15) is 0 Å². The molecular weight excluding hydrogens is 292 g/mol. The second-order valence-electron chi connectivity index (χ2n) is 8.90. The van der Waals surface area contributed by atoms with Crippen LogP contribution in [0.2, 0.25) is 0 Å². The van der Waals surface area contributed by atoms with Gasteiger partial charge in [0.05, 0.1) is 0 Å². The third kappa shape index (κ3) is 3.43. The van der Waals surface area contributed by atoms with Gasteiger partial charge in [-0.3, -0.25) is 4.90 Å². The standard InChI is InChI=1S/C22H44N2/c1-5-10-20(11-6-2)12-14-21(15-13-20)16-19-24(18-9-17-23)22(21,7-3)8-4/h5-19,23H2,1-4H3. The minimum Gasteiger partial charge on any atom is -0.330 e. The fourth-order valence-corrected chi connectivity index (χ4v) is 6.85. The van der Waals surface area contributed by atoms with Crippen LogP contribution in [0.5, 0.6) is 0 Å². The zero-order chi connectivity index (χ0) is 17.7. The highest BCUT2D eigenvalue weighted by Crippen LogP contribution is 2.61. The van der Waals surface area contributed by atoms with E-state index in [4.69, 9.17) is 5.73 Å². The van der Waals surface area contributed by atoms with Gasteiger partial charge in [0, 0.05) is 5.54 Å². The van der Waals surface area contributed by atoms with Crippen LogP contribution in [0.1, 0.15) is 105 Å². The molecule has 2 N–H and O–H groups in total. The first-order chi connectivity index (χ1) is 11.6. The summed E-state index contributed by atoms with van der Waals surface area (Å²) in [5, 5.41) is 0. The molecule has 0 radical (unpaired) electrons. The molecule has 1 saturated heterocycles. The third-order valence-electron chi connectivity index (χ3n) is 8.08. The molecule has 0 aromatic heterocycles. The van der Waals surface area contributed by atoms with Crippen molar-refractivity contribution in [3.8, 4) is 0 Å². The number of hydrogen-bond acceptors (Lipinski definition) is 2. The Morgan fingerprint density at radius 2 is 1.42 bits per heavy atom. The molecule has 2 heteroatoms. The molecule has 2 nitrogen and oxygen atoms in total. The predicted octanol–water partition coefficient (Wildman–Crippen LogP) is 5.75. The lowest BCUT2D eigenvalue weighted by molar-refractivity contribution is -0.0353. The van der Waals surface area contributed by atoms with Gasteiger partial charge in [-0.05, 0) is 94.7 Å². The van der Waals surface area contributed by atoms with E-state index in [1.807, 2.05) is 0 Å². The minimum atomic E-state index is 0.451. The summed E-state index contributed by atoms with van der Waals surface area (Å²) < 4.78 is 0. The van der Waals surface area contributed by atoms with Crippen LogP contribution in [0, 0.1) is 10.8 Å². The Bertz CT molecular complexity index is 356. The second-order valence-corrected chi connectivity index (χ2v) is 8.90. The van der Waals surface area contributed by atoms with Crippen LogP contribution in [-0.4, -0.2) is 30.1 Å². The molecule has 1 spiro atoms. The molecule has 1 aliphatic heterocycles. The maximum atomic E-state index is 5.82. The fourth-order valence-electron chi connectivity index (χ4n) is 6.85. The lowest BCUT2D eigenvalue weighted by Crippen LogP contribution is -2.55. The Morgan fingerprint density at radius 1 is 0.833 bits per heavy atom. The molecule has 0 bridgehead atoms. The van der Waals surface area contributed by atoms with Gasteiger partial charge >= 0.3 is 0 Å². The van der Waals surface area contributed by atoms with E-state index in [9.17, 15) is 0 Å². The van der Waals surface area contributed by atoms with Crippen molar-refractivity contribution in [2.45, 2.75) is 110 Å². The summed E-state index contributed by atoms with van der Waals surface area (Å²) >= 11 is 0. The van der Waals surface area contributed by atoms with Crippen LogP contribution in [0.15, 0.2) is 0 Å². The Morgan fingerprint density at radius 3 is 1.88 bits per heavy atom. The highest BCUT2D eigenvalue weighted by Gasteiger charge is 2.58. The van der Waals surface area contributed by atoms with Gasteiger partial charge in [0.25, 0.3) is 0 Å². The molecule has 0 unspecified atom stereocenters. The molecule has 1 saturated carbocycles. The van der Waals surface area contributed by atoms with Crippen molar-refractivity contribution in [1.82, 2.24) is 4.90 Å². The van der Waals surface area contributed by atoms with E-state index in [0.29, 0.717) is 16.4 Å². The van der Waals surface area contributed by atoms with Crippen molar-refractivity contribution in [3.63, 3.8) is 0 Å². The quantitative estimate of drug-likeness (QED) is 0.581. The van der Waals surface area contributed by atoms with Crippen molar-refractivity contribution in [1.29, 1.82) is 0 Å². The smallest absolute Gasteiger partial charge is 0.0261 e. The first-order valence-corrected chi connectivity index (χ1v) is 11.0. The Balaban J connectivity index is 2.17. The lowest BCUT2D eigenvalue weighted by atomic mass is 9.53. The van der Waals surface area contributed by atoms with Gasteiger partial charge in [0.15, 0.2) is 0 Å². The Labute approximate surface area is 151 Å². The van der Waals surface area contributed by atoms with E-state index in [2.05, 4.69) is 32.6 Å². The average molecular weight is 337 g/mol. The van der Waals surface area contributed by atoms with Crippen LogP contribution in [-0.2, 0) is 0 Å². The largest absolute Gasteiger partial charge is 0.330 e. The molecule has 1 aliphatic carbocycles. The molecule has 2 aliphatic rings. The monoisotopic (exact) mass is 336 g/mol. The number of rotatable bonds is 9. The van der Waals surface area contributed by atoms with Crippen molar-refractivity contribution in [3.05, 3.63) is 0 Å². The summed E-state index contributed by atoms with van der Waals surface area (Å²) in [5.74, 6) is 0. The molecule has 2 rings (SSSR count). The van der Waals surface area contributed by atoms with Crippen molar-refractivity contribution in [2.24, 2.45) is 16.6 Å². The average Bonchev–Trinajstić information content (AvgIpc) is 2.90. The zero-order valence-electron chi connectivity index (χ0n) is 17.1. The first kappa shape index (κ1) is 20.2. The molecule has 0 amide bonds. The van der Waals surface area contributed by atoms with Crippen LogP contribution in [0.4, 0.5) is 0 Å². The molecule has 142 valence electrons. The summed E-state index contributed by atoms with van der Waals surface area (Å²) in [6, 6.07) is 0. The van der Waals surface area contributed by atoms with Crippen LogP contribution in [0.3, 0.4) is 0 Å². The highest BCUT2D eigenvalue weighted by molar-refractivity contribution is 5.12. The highest BCUT2D eigenvalue weighted by atomic mass is 15.2. The van der Waals surface area contributed by atoms with Crippen molar-refractivity contribution < 1.29 is 0 Å². The van der Waals surface area contributed by atoms with E-state index in [0.717, 1.165) is 13.0 Å². The van der Waals surface area contributed by atoms with Gasteiger partial charge in [0.1, 0.15) is 0 Å². The molecule has 24 heavy (non-hydrogen) atoms. The first-order valence-electron chi connectivity index (χ1n) is 11.0. The molecule has 0 aromatic rings. The maximum absolute atomic E-state index is 5.82. The molecule has 1 heterocycles. The van der Waals surface area contributed by atoms with Gasteiger partial charge in [-0.1, -0.05) is 40.5 Å². The summed E-state index contributed by atoms with van der Waals surface area (Å²) in [7, 11) is 0. The summed E-state index contributed by atoms with van der Waals surface area (Å²) in [6.07, 6.45) is 16.8.